The lowest BCUT2D eigenvalue weighted by Crippen LogP contribution is -2.12. The summed E-state index contributed by atoms with van der Waals surface area (Å²) in [7, 11) is 0. The first-order chi connectivity index (χ1) is 24.2. The second kappa shape index (κ2) is 12.0. The standard InChI is InChI=1S/C47H34N2/c1-33-26-31-44(42(32-33)40-22-12-17-36-16-8-9-20-39(36)40)49(38-29-27-35(28-30-38)34-14-4-2-5-15-34)46-25-13-24-45-47(46)41-21-10-11-23-43(41)48(45)37-18-6-3-7-19-37/h2-32H,1H3. The van der Waals surface area contributed by atoms with E-state index >= 15 is 0 Å². The highest BCUT2D eigenvalue weighted by atomic mass is 15.2. The minimum Gasteiger partial charge on any atom is -0.309 e. The van der Waals surface area contributed by atoms with Gasteiger partial charge in [0, 0.05) is 27.7 Å². The van der Waals surface area contributed by atoms with Gasteiger partial charge in [-0.15, -0.1) is 0 Å². The Morgan fingerprint density at radius 1 is 0.429 bits per heavy atom. The van der Waals surface area contributed by atoms with Crippen LogP contribution in [0.3, 0.4) is 0 Å². The van der Waals surface area contributed by atoms with Crippen LogP contribution in [0.2, 0.25) is 0 Å². The Kier molecular flexibility index (Phi) is 7.06. The molecule has 1 aromatic heterocycles. The fourth-order valence-corrected chi connectivity index (χ4v) is 7.40. The lowest BCUT2D eigenvalue weighted by Gasteiger charge is -2.29. The van der Waals surface area contributed by atoms with Gasteiger partial charge in [-0.2, -0.15) is 0 Å². The van der Waals surface area contributed by atoms with Gasteiger partial charge in [-0.05, 0) is 89.0 Å². The summed E-state index contributed by atoms with van der Waals surface area (Å²) < 4.78 is 2.39. The number of rotatable bonds is 6. The average molecular weight is 627 g/mol. The molecule has 0 aliphatic heterocycles. The summed E-state index contributed by atoms with van der Waals surface area (Å²) >= 11 is 0. The van der Waals surface area contributed by atoms with Crippen molar-refractivity contribution in [2.75, 3.05) is 4.90 Å². The molecule has 0 aliphatic carbocycles. The Bertz CT molecular complexity index is 2590. The summed E-state index contributed by atoms with van der Waals surface area (Å²) in [6, 6.07) is 68.1. The predicted molar refractivity (Wildman–Crippen MR) is 209 cm³/mol. The van der Waals surface area contributed by atoms with Crippen LogP contribution in [0.1, 0.15) is 5.56 Å². The van der Waals surface area contributed by atoms with Crippen molar-refractivity contribution in [3.63, 3.8) is 0 Å². The molecule has 9 aromatic rings. The maximum atomic E-state index is 2.47. The van der Waals surface area contributed by atoms with Gasteiger partial charge in [0.2, 0.25) is 0 Å². The van der Waals surface area contributed by atoms with Gasteiger partial charge in [-0.25, -0.2) is 0 Å². The highest BCUT2D eigenvalue weighted by molar-refractivity contribution is 6.17. The number of fused-ring (bicyclic) bond motifs is 4. The maximum absolute atomic E-state index is 2.47. The van der Waals surface area contributed by atoms with Crippen molar-refractivity contribution < 1.29 is 0 Å². The second-order valence-electron chi connectivity index (χ2n) is 12.7. The smallest absolute Gasteiger partial charge is 0.0562 e. The molecule has 232 valence electrons. The zero-order valence-corrected chi connectivity index (χ0v) is 27.3. The van der Waals surface area contributed by atoms with Crippen molar-refractivity contribution in [3.8, 4) is 27.9 Å². The molecule has 0 N–H and O–H groups in total. The molecule has 9 rings (SSSR count). The van der Waals surface area contributed by atoms with Gasteiger partial charge < -0.3 is 9.47 Å². The van der Waals surface area contributed by atoms with Gasteiger partial charge in [0.25, 0.3) is 0 Å². The summed E-state index contributed by atoms with van der Waals surface area (Å²) in [4.78, 5) is 2.47. The molecule has 0 bridgehead atoms. The zero-order valence-electron chi connectivity index (χ0n) is 27.3. The van der Waals surface area contributed by atoms with Crippen LogP contribution < -0.4 is 4.90 Å². The summed E-state index contributed by atoms with van der Waals surface area (Å²) in [6.07, 6.45) is 0. The van der Waals surface area contributed by atoms with Crippen LogP contribution in [0, 0.1) is 6.92 Å². The van der Waals surface area contributed by atoms with Crippen molar-refractivity contribution in [2.45, 2.75) is 6.92 Å². The molecule has 0 atom stereocenters. The molecule has 49 heavy (non-hydrogen) atoms. The molecule has 0 spiro atoms. The minimum absolute atomic E-state index is 1.11. The van der Waals surface area contributed by atoms with Crippen LogP contribution in [0.4, 0.5) is 17.1 Å². The highest BCUT2D eigenvalue weighted by Gasteiger charge is 2.23. The first-order valence-electron chi connectivity index (χ1n) is 16.9. The molecule has 0 fully saturated rings. The molecule has 1 heterocycles. The highest BCUT2D eigenvalue weighted by Crippen LogP contribution is 2.47. The van der Waals surface area contributed by atoms with Gasteiger partial charge >= 0.3 is 0 Å². The summed E-state index contributed by atoms with van der Waals surface area (Å²) in [5, 5.41) is 4.93. The van der Waals surface area contributed by atoms with Crippen molar-refractivity contribution >= 4 is 49.6 Å². The number of benzene rings is 8. The quantitative estimate of drug-likeness (QED) is 0.178. The summed E-state index contributed by atoms with van der Waals surface area (Å²) in [6.45, 7) is 2.19. The van der Waals surface area contributed by atoms with Crippen molar-refractivity contribution in [1.82, 2.24) is 4.57 Å². The number of aromatic nitrogens is 1. The average Bonchev–Trinajstić information content (AvgIpc) is 3.51. The molecule has 0 unspecified atom stereocenters. The van der Waals surface area contributed by atoms with Gasteiger partial charge in [-0.3, -0.25) is 0 Å². The van der Waals surface area contributed by atoms with Crippen LogP contribution in [0.15, 0.2) is 188 Å². The zero-order chi connectivity index (χ0) is 32.7. The monoisotopic (exact) mass is 626 g/mol. The largest absolute Gasteiger partial charge is 0.309 e. The Morgan fingerprint density at radius 3 is 1.88 bits per heavy atom. The van der Waals surface area contributed by atoms with Crippen LogP contribution in [0.25, 0.3) is 60.5 Å². The van der Waals surface area contributed by atoms with E-state index in [1.165, 1.54) is 60.4 Å². The van der Waals surface area contributed by atoms with Crippen molar-refractivity contribution in [3.05, 3.63) is 194 Å². The predicted octanol–water partition coefficient (Wildman–Crippen LogP) is 13.0. The molecule has 0 aliphatic rings. The molecule has 8 aromatic carbocycles. The van der Waals surface area contributed by atoms with E-state index in [0.29, 0.717) is 0 Å². The fourth-order valence-electron chi connectivity index (χ4n) is 7.40. The maximum Gasteiger partial charge on any atom is 0.0562 e. The minimum atomic E-state index is 1.11. The van der Waals surface area contributed by atoms with Crippen LogP contribution >= 0.6 is 0 Å². The molecular weight excluding hydrogens is 593 g/mol. The molecular formula is C47H34N2. The van der Waals surface area contributed by atoms with Crippen LogP contribution in [-0.2, 0) is 0 Å². The normalized spacial score (nSPS) is 11.4. The molecule has 0 radical (unpaired) electrons. The van der Waals surface area contributed by atoms with E-state index in [4.69, 9.17) is 0 Å². The Morgan fingerprint density at radius 2 is 1.06 bits per heavy atom. The number of anilines is 3. The van der Waals surface area contributed by atoms with E-state index in [-0.39, 0.29) is 0 Å². The first-order valence-corrected chi connectivity index (χ1v) is 16.9. The van der Waals surface area contributed by atoms with Crippen molar-refractivity contribution in [2.24, 2.45) is 0 Å². The van der Waals surface area contributed by atoms with Crippen molar-refractivity contribution in [1.29, 1.82) is 0 Å². The number of hydrogen-bond donors (Lipinski definition) is 0. The second-order valence-corrected chi connectivity index (χ2v) is 12.7. The molecule has 0 saturated carbocycles. The van der Waals surface area contributed by atoms with E-state index in [2.05, 4.69) is 204 Å². The van der Waals surface area contributed by atoms with Crippen LogP contribution in [0.5, 0.6) is 0 Å². The lowest BCUT2D eigenvalue weighted by atomic mass is 9.94. The third-order valence-corrected chi connectivity index (χ3v) is 9.64. The van der Waals surface area contributed by atoms with Gasteiger partial charge in [0.15, 0.2) is 0 Å². The van der Waals surface area contributed by atoms with E-state index in [1.54, 1.807) is 0 Å². The summed E-state index contributed by atoms with van der Waals surface area (Å²) in [5.74, 6) is 0. The Labute approximate surface area is 286 Å². The molecule has 0 saturated heterocycles. The van der Waals surface area contributed by atoms with E-state index in [1.807, 2.05) is 0 Å². The SMILES string of the molecule is Cc1ccc(N(c2ccc(-c3ccccc3)cc2)c2cccc3c2c2ccccc2n3-c2ccccc2)c(-c2cccc3ccccc23)c1. The van der Waals surface area contributed by atoms with Gasteiger partial charge in [0.1, 0.15) is 0 Å². The number of hydrogen-bond acceptors (Lipinski definition) is 1. The van der Waals surface area contributed by atoms with Gasteiger partial charge in [0.05, 0.1) is 22.4 Å². The number of para-hydroxylation sites is 2. The fraction of sp³-hybridized carbons (Fsp3) is 0.0213. The van der Waals surface area contributed by atoms with E-state index in [0.717, 1.165) is 22.7 Å². The lowest BCUT2D eigenvalue weighted by molar-refractivity contribution is 1.18. The van der Waals surface area contributed by atoms with E-state index < -0.39 is 0 Å². The molecule has 2 nitrogen and oxygen atoms in total. The first kappa shape index (κ1) is 28.8. The Balaban J connectivity index is 1.35. The van der Waals surface area contributed by atoms with Gasteiger partial charge in [-0.1, -0.05) is 139 Å². The Hall–Kier alpha value is -6.38. The van der Waals surface area contributed by atoms with Crippen LogP contribution in [-0.4, -0.2) is 4.57 Å². The molecule has 0 amide bonds. The topological polar surface area (TPSA) is 8.17 Å². The number of aryl methyl sites for hydroxylation is 1. The number of nitrogens with zero attached hydrogens (tertiary/aromatic N) is 2. The molecule has 2 heteroatoms. The summed E-state index contributed by atoms with van der Waals surface area (Å²) in [5.41, 5.74) is 13.0. The third-order valence-electron chi connectivity index (χ3n) is 9.64. The van der Waals surface area contributed by atoms with E-state index in [9.17, 15) is 0 Å². The third kappa shape index (κ3) is 4.97.